The van der Waals surface area contributed by atoms with Gasteiger partial charge in [-0.15, -0.1) is 0 Å². The summed E-state index contributed by atoms with van der Waals surface area (Å²) in [6, 6.07) is 6.26. The Balaban J connectivity index is 1.37. The number of nitrogens with zero attached hydrogens (tertiary/aromatic N) is 1. The van der Waals surface area contributed by atoms with E-state index in [4.69, 9.17) is 0 Å². The third-order valence-electron chi connectivity index (χ3n) is 5.67. The number of hydrogen-bond donors (Lipinski definition) is 1. The molecule has 1 N–H and O–H groups in total. The van der Waals surface area contributed by atoms with Gasteiger partial charge in [-0.25, -0.2) is 4.39 Å². The van der Waals surface area contributed by atoms with Crippen LogP contribution < -0.4 is 5.32 Å². The summed E-state index contributed by atoms with van der Waals surface area (Å²) in [5.41, 5.74) is 0.928. The van der Waals surface area contributed by atoms with E-state index in [1.807, 2.05) is 0 Å². The molecule has 2 fully saturated rings. The molecule has 1 aromatic rings. The second-order valence-electron chi connectivity index (χ2n) is 7.82. The molecule has 5 heteroatoms. The predicted octanol–water partition coefficient (Wildman–Crippen LogP) is 3.65. The first-order chi connectivity index (χ1) is 12.6. The summed E-state index contributed by atoms with van der Waals surface area (Å²) in [6.07, 6.45) is 8.56. The third kappa shape index (κ3) is 5.55. The van der Waals surface area contributed by atoms with E-state index in [0.717, 1.165) is 12.0 Å². The Morgan fingerprint density at radius 3 is 2.58 bits per heavy atom. The molecule has 2 aliphatic rings. The average Bonchev–Trinajstić information content (AvgIpc) is 3.00. The van der Waals surface area contributed by atoms with Crippen LogP contribution in [0.1, 0.15) is 56.9 Å². The van der Waals surface area contributed by atoms with Gasteiger partial charge < -0.3 is 10.2 Å². The molecular formula is C21H29FN2O2. The van der Waals surface area contributed by atoms with E-state index in [9.17, 15) is 14.0 Å². The van der Waals surface area contributed by atoms with E-state index in [-0.39, 0.29) is 23.5 Å². The molecule has 26 heavy (non-hydrogen) atoms. The Morgan fingerprint density at radius 1 is 1.12 bits per heavy atom. The monoisotopic (exact) mass is 360 g/mol. The van der Waals surface area contributed by atoms with Gasteiger partial charge in [0, 0.05) is 38.4 Å². The van der Waals surface area contributed by atoms with E-state index in [0.29, 0.717) is 38.4 Å². The maximum Gasteiger partial charge on any atom is 0.223 e. The van der Waals surface area contributed by atoms with Crippen LogP contribution in [0.5, 0.6) is 0 Å². The predicted molar refractivity (Wildman–Crippen MR) is 98.7 cm³/mol. The molecule has 0 bridgehead atoms. The van der Waals surface area contributed by atoms with E-state index in [1.165, 1.54) is 44.2 Å². The van der Waals surface area contributed by atoms with Gasteiger partial charge in [0.25, 0.3) is 0 Å². The Morgan fingerprint density at radius 2 is 1.85 bits per heavy atom. The largest absolute Gasteiger partial charge is 0.356 e. The van der Waals surface area contributed by atoms with Crippen LogP contribution in [0, 0.1) is 17.7 Å². The zero-order chi connectivity index (χ0) is 18.4. The normalized spacial score (nSPS) is 21.2. The zero-order valence-corrected chi connectivity index (χ0v) is 15.4. The minimum absolute atomic E-state index is 0.107. The average molecular weight is 360 g/mol. The van der Waals surface area contributed by atoms with Gasteiger partial charge in [-0.1, -0.05) is 44.2 Å². The number of benzene rings is 1. The van der Waals surface area contributed by atoms with Crippen LogP contribution in [0.15, 0.2) is 24.3 Å². The Labute approximate surface area is 155 Å². The minimum atomic E-state index is -0.268. The van der Waals surface area contributed by atoms with Crippen molar-refractivity contribution in [3.8, 4) is 0 Å². The standard InChI is InChI=1S/C21H29FN2O2/c22-19-9-6-17(7-10-19)14-24-15-18(12-21(24)26)13-23-20(25)11-8-16-4-2-1-3-5-16/h6-7,9-10,16,18H,1-5,8,11-15H2,(H,23,25). The first-order valence-electron chi connectivity index (χ1n) is 9.89. The Kier molecular flexibility index (Phi) is 6.64. The smallest absolute Gasteiger partial charge is 0.223 e. The lowest BCUT2D eigenvalue weighted by Gasteiger charge is -2.21. The van der Waals surface area contributed by atoms with E-state index >= 15 is 0 Å². The van der Waals surface area contributed by atoms with E-state index in [1.54, 1.807) is 17.0 Å². The molecule has 1 saturated carbocycles. The highest BCUT2D eigenvalue weighted by Gasteiger charge is 2.29. The maximum atomic E-state index is 13.0. The molecule has 0 spiro atoms. The molecule has 1 aliphatic carbocycles. The van der Waals surface area contributed by atoms with Crippen molar-refractivity contribution in [2.45, 2.75) is 57.9 Å². The lowest BCUT2D eigenvalue weighted by atomic mass is 9.86. The molecule has 3 rings (SSSR count). The fourth-order valence-electron chi connectivity index (χ4n) is 4.11. The summed E-state index contributed by atoms with van der Waals surface area (Å²) in [6.45, 7) is 1.72. The van der Waals surface area contributed by atoms with Crippen molar-refractivity contribution in [3.63, 3.8) is 0 Å². The summed E-state index contributed by atoms with van der Waals surface area (Å²) in [7, 11) is 0. The van der Waals surface area contributed by atoms with Crippen molar-refractivity contribution >= 4 is 11.8 Å². The van der Waals surface area contributed by atoms with Crippen LogP contribution >= 0.6 is 0 Å². The van der Waals surface area contributed by atoms with Crippen molar-refractivity contribution in [3.05, 3.63) is 35.6 Å². The van der Waals surface area contributed by atoms with Gasteiger partial charge in [0.2, 0.25) is 11.8 Å². The van der Waals surface area contributed by atoms with Gasteiger partial charge in [-0.3, -0.25) is 9.59 Å². The van der Waals surface area contributed by atoms with Gasteiger partial charge in [0.1, 0.15) is 5.82 Å². The van der Waals surface area contributed by atoms with Crippen LogP contribution in [0.4, 0.5) is 4.39 Å². The van der Waals surface area contributed by atoms with Gasteiger partial charge in [0.05, 0.1) is 0 Å². The lowest BCUT2D eigenvalue weighted by Crippen LogP contribution is -2.31. The van der Waals surface area contributed by atoms with Gasteiger partial charge >= 0.3 is 0 Å². The van der Waals surface area contributed by atoms with Gasteiger partial charge in [-0.2, -0.15) is 0 Å². The number of nitrogens with one attached hydrogen (secondary N) is 1. The molecule has 1 atom stereocenters. The maximum absolute atomic E-state index is 13.0. The van der Waals surface area contributed by atoms with Crippen molar-refractivity contribution in [2.24, 2.45) is 11.8 Å². The van der Waals surface area contributed by atoms with Crippen LogP contribution in [-0.2, 0) is 16.1 Å². The van der Waals surface area contributed by atoms with Crippen molar-refractivity contribution in [1.82, 2.24) is 10.2 Å². The molecule has 1 unspecified atom stereocenters. The van der Waals surface area contributed by atoms with Crippen molar-refractivity contribution in [1.29, 1.82) is 0 Å². The second kappa shape index (κ2) is 9.15. The summed E-state index contributed by atoms with van der Waals surface area (Å²) >= 11 is 0. The molecule has 2 amide bonds. The molecular weight excluding hydrogens is 331 g/mol. The molecule has 0 radical (unpaired) electrons. The number of carbonyl (C=O) groups excluding carboxylic acids is 2. The highest BCUT2D eigenvalue weighted by Crippen LogP contribution is 2.27. The summed E-state index contributed by atoms with van der Waals surface area (Å²) in [5.74, 6) is 0.835. The molecule has 1 heterocycles. The first kappa shape index (κ1) is 18.9. The van der Waals surface area contributed by atoms with Crippen LogP contribution in [0.2, 0.25) is 0 Å². The van der Waals surface area contributed by atoms with Crippen LogP contribution in [-0.4, -0.2) is 29.8 Å². The lowest BCUT2D eigenvalue weighted by molar-refractivity contribution is -0.128. The highest BCUT2D eigenvalue weighted by atomic mass is 19.1. The quantitative estimate of drug-likeness (QED) is 0.807. The molecule has 1 aromatic carbocycles. The van der Waals surface area contributed by atoms with E-state index in [2.05, 4.69) is 5.32 Å². The fraction of sp³-hybridized carbons (Fsp3) is 0.619. The molecule has 0 aromatic heterocycles. The van der Waals surface area contributed by atoms with Crippen molar-refractivity contribution < 1.29 is 14.0 Å². The summed E-state index contributed by atoms with van der Waals surface area (Å²) in [4.78, 5) is 26.1. The number of carbonyl (C=O) groups is 2. The summed E-state index contributed by atoms with van der Waals surface area (Å²) in [5, 5.41) is 3.01. The zero-order valence-electron chi connectivity index (χ0n) is 15.4. The molecule has 1 aliphatic heterocycles. The third-order valence-corrected chi connectivity index (χ3v) is 5.67. The molecule has 1 saturated heterocycles. The van der Waals surface area contributed by atoms with Crippen LogP contribution in [0.25, 0.3) is 0 Å². The number of hydrogen-bond acceptors (Lipinski definition) is 2. The van der Waals surface area contributed by atoms with Gasteiger partial charge in [-0.05, 0) is 30.0 Å². The molecule has 4 nitrogen and oxygen atoms in total. The number of rotatable bonds is 7. The SMILES string of the molecule is O=C(CCC1CCCCC1)NCC1CC(=O)N(Cc2ccc(F)cc2)C1. The highest BCUT2D eigenvalue weighted by molar-refractivity contribution is 5.79. The van der Waals surface area contributed by atoms with Crippen LogP contribution in [0.3, 0.4) is 0 Å². The topological polar surface area (TPSA) is 49.4 Å². The molecule has 142 valence electrons. The Hall–Kier alpha value is -1.91. The second-order valence-corrected chi connectivity index (χ2v) is 7.82. The number of likely N-dealkylation sites (tertiary alicyclic amines) is 1. The fourth-order valence-corrected chi connectivity index (χ4v) is 4.11. The summed E-state index contributed by atoms with van der Waals surface area (Å²) < 4.78 is 13.0. The van der Waals surface area contributed by atoms with Gasteiger partial charge in [0.15, 0.2) is 0 Å². The van der Waals surface area contributed by atoms with Crippen molar-refractivity contribution in [2.75, 3.05) is 13.1 Å². The first-order valence-corrected chi connectivity index (χ1v) is 9.89. The number of halogens is 1. The van der Waals surface area contributed by atoms with E-state index < -0.39 is 0 Å². The minimum Gasteiger partial charge on any atom is -0.356 e. The Bertz CT molecular complexity index is 611. The number of amides is 2.